The van der Waals surface area contributed by atoms with Crippen LogP contribution in [-0.2, 0) is 20.1 Å². The first-order valence-corrected chi connectivity index (χ1v) is 10.3. The summed E-state index contributed by atoms with van der Waals surface area (Å²) >= 11 is 1.57. The average molecular weight is 423 g/mol. The molecule has 0 atom stereocenters. The SMILES string of the molecule is COc1ccccc1CN(Cc1cccs1)C(=O)c1c(C)oc2ncn(C)c(=O)c12. The number of fused-ring (bicyclic) bond motifs is 1. The molecule has 1 amide bonds. The number of furan rings is 1. The molecule has 30 heavy (non-hydrogen) atoms. The number of aromatic nitrogens is 2. The maximum Gasteiger partial charge on any atom is 0.265 e. The first kappa shape index (κ1) is 19.9. The molecule has 0 unspecified atom stereocenters. The number of nitrogens with zero attached hydrogens (tertiary/aromatic N) is 3. The molecule has 0 N–H and O–H groups in total. The largest absolute Gasteiger partial charge is 0.496 e. The molecule has 8 heteroatoms. The molecule has 0 aliphatic carbocycles. The van der Waals surface area contributed by atoms with Crippen LogP contribution in [0.2, 0.25) is 0 Å². The Bertz CT molecular complexity index is 1260. The lowest BCUT2D eigenvalue weighted by atomic mass is 10.1. The fourth-order valence-corrected chi connectivity index (χ4v) is 4.15. The molecule has 7 nitrogen and oxygen atoms in total. The van der Waals surface area contributed by atoms with Crippen LogP contribution in [0, 0.1) is 6.92 Å². The predicted octanol–water partition coefficient (Wildman–Crippen LogP) is 3.75. The standard InChI is InChI=1S/C22H21N3O4S/c1-14-18(19-20(29-14)23-13-24(2)21(19)26)22(27)25(12-16-8-6-10-30-16)11-15-7-4-5-9-17(15)28-3/h4-10,13H,11-12H2,1-3H3. The molecule has 0 saturated heterocycles. The number of carbonyl (C=O) groups is 1. The van der Waals surface area contributed by atoms with E-state index >= 15 is 0 Å². The number of rotatable bonds is 6. The summed E-state index contributed by atoms with van der Waals surface area (Å²) in [4.78, 5) is 33.3. The number of hydrogen-bond acceptors (Lipinski definition) is 6. The fourth-order valence-electron chi connectivity index (χ4n) is 3.43. The lowest BCUT2D eigenvalue weighted by molar-refractivity contribution is 0.0730. The van der Waals surface area contributed by atoms with Crippen molar-refractivity contribution in [1.29, 1.82) is 0 Å². The Morgan fingerprint density at radius 3 is 2.77 bits per heavy atom. The minimum atomic E-state index is -0.312. The molecule has 4 rings (SSSR count). The Kier molecular flexibility index (Phi) is 5.41. The molecular weight excluding hydrogens is 402 g/mol. The van der Waals surface area contributed by atoms with Gasteiger partial charge < -0.3 is 18.6 Å². The van der Waals surface area contributed by atoms with Crippen molar-refractivity contribution in [3.05, 3.63) is 80.2 Å². The van der Waals surface area contributed by atoms with Crippen LogP contribution < -0.4 is 10.3 Å². The zero-order valence-corrected chi connectivity index (χ0v) is 17.7. The van der Waals surface area contributed by atoms with Gasteiger partial charge in [0.2, 0.25) is 5.71 Å². The Morgan fingerprint density at radius 2 is 2.03 bits per heavy atom. The Labute approximate surface area is 177 Å². The molecule has 3 heterocycles. The lowest BCUT2D eigenvalue weighted by Crippen LogP contribution is -2.31. The van der Waals surface area contributed by atoms with Gasteiger partial charge in [0.25, 0.3) is 11.5 Å². The van der Waals surface area contributed by atoms with Crippen LogP contribution in [0.25, 0.3) is 11.1 Å². The van der Waals surface area contributed by atoms with Gasteiger partial charge >= 0.3 is 0 Å². The Morgan fingerprint density at radius 1 is 1.23 bits per heavy atom. The minimum absolute atomic E-state index is 0.173. The lowest BCUT2D eigenvalue weighted by Gasteiger charge is -2.23. The second-order valence-electron chi connectivity index (χ2n) is 6.93. The zero-order chi connectivity index (χ0) is 21.3. The first-order chi connectivity index (χ1) is 14.5. The monoisotopic (exact) mass is 423 g/mol. The highest BCUT2D eigenvalue weighted by molar-refractivity contribution is 7.09. The van der Waals surface area contributed by atoms with E-state index in [0.29, 0.717) is 24.6 Å². The van der Waals surface area contributed by atoms with Gasteiger partial charge in [0.05, 0.1) is 25.8 Å². The molecule has 0 fully saturated rings. The van der Waals surface area contributed by atoms with Crippen LogP contribution in [-0.4, -0.2) is 27.5 Å². The molecule has 0 aliphatic heterocycles. The van der Waals surface area contributed by atoms with Crippen molar-refractivity contribution < 1.29 is 13.9 Å². The van der Waals surface area contributed by atoms with E-state index in [2.05, 4.69) is 4.98 Å². The van der Waals surface area contributed by atoms with Gasteiger partial charge in [-0.05, 0) is 24.4 Å². The summed E-state index contributed by atoms with van der Waals surface area (Å²) in [5.41, 5.74) is 0.993. The summed E-state index contributed by atoms with van der Waals surface area (Å²) in [7, 11) is 3.21. The quantitative estimate of drug-likeness (QED) is 0.472. The molecule has 0 spiro atoms. The third-order valence-electron chi connectivity index (χ3n) is 4.93. The number of hydrogen-bond donors (Lipinski definition) is 0. The van der Waals surface area contributed by atoms with Crippen molar-refractivity contribution in [2.45, 2.75) is 20.0 Å². The number of aryl methyl sites for hydroxylation is 2. The van der Waals surface area contributed by atoms with Gasteiger partial charge in [0.1, 0.15) is 23.2 Å². The summed E-state index contributed by atoms with van der Waals surface area (Å²) in [5, 5.41) is 2.18. The van der Waals surface area contributed by atoms with Crippen LogP contribution in [0.15, 0.2) is 57.3 Å². The van der Waals surface area contributed by atoms with Crippen molar-refractivity contribution in [2.75, 3.05) is 7.11 Å². The van der Waals surface area contributed by atoms with Gasteiger partial charge in [-0.2, -0.15) is 0 Å². The van der Waals surface area contributed by atoms with Crippen molar-refractivity contribution in [3.63, 3.8) is 0 Å². The molecule has 154 valence electrons. The summed E-state index contributed by atoms with van der Waals surface area (Å²) in [6.45, 7) is 2.41. The van der Waals surface area contributed by atoms with Crippen molar-refractivity contribution >= 4 is 28.3 Å². The molecular formula is C22H21N3O4S. The number of benzene rings is 1. The molecule has 0 bridgehead atoms. The number of ether oxygens (including phenoxy) is 1. The van der Waals surface area contributed by atoms with Gasteiger partial charge in [-0.15, -0.1) is 11.3 Å². The van der Waals surface area contributed by atoms with Crippen molar-refractivity contribution in [3.8, 4) is 5.75 Å². The number of amides is 1. The van der Waals surface area contributed by atoms with Crippen LogP contribution in [0.1, 0.15) is 26.6 Å². The van der Waals surface area contributed by atoms with Gasteiger partial charge in [-0.25, -0.2) is 4.98 Å². The van der Waals surface area contributed by atoms with Crippen molar-refractivity contribution in [1.82, 2.24) is 14.5 Å². The summed E-state index contributed by atoms with van der Waals surface area (Å²) < 4.78 is 12.5. The number of thiophene rings is 1. The maximum absolute atomic E-state index is 13.7. The van der Waals surface area contributed by atoms with Gasteiger partial charge in [0.15, 0.2) is 0 Å². The zero-order valence-electron chi connectivity index (χ0n) is 16.9. The summed E-state index contributed by atoms with van der Waals surface area (Å²) in [6.07, 6.45) is 1.39. The van der Waals surface area contributed by atoms with Gasteiger partial charge in [0, 0.05) is 17.5 Å². The maximum atomic E-state index is 13.7. The summed E-state index contributed by atoms with van der Waals surface area (Å²) in [5.74, 6) is 0.797. The smallest absolute Gasteiger partial charge is 0.265 e. The topological polar surface area (TPSA) is 77.6 Å². The van der Waals surface area contributed by atoms with Gasteiger partial charge in [-0.3, -0.25) is 9.59 Å². The highest BCUT2D eigenvalue weighted by Gasteiger charge is 2.27. The van der Waals surface area contributed by atoms with E-state index < -0.39 is 0 Å². The second kappa shape index (κ2) is 8.16. The molecule has 0 saturated carbocycles. The minimum Gasteiger partial charge on any atom is -0.496 e. The molecule has 1 aromatic carbocycles. The van der Waals surface area contributed by atoms with Crippen LogP contribution >= 0.6 is 11.3 Å². The average Bonchev–Trinajstić information content (AvgIpc) is 3.37. The van der Waals surface area contributed by atoms with E-state index in [1.807, 2.05) is 41.8 Å². The van der Waals surface area contributed by atoms with Crippen LogP contribution in [0.5, 0.6) is 5.75 Å². The number of para-hydroxylation sites is 1. The van der Waals surface area contributed by atoms with E-state index in [1.54, 1.807) is 37.3 Å². The van der Waals surface area contributed by atoms with E-state index in [0.717, 1.165) is 10.4 Å². The van der Waals surface area contributed by atoms with E-state index in [1.165, 1.54) is 10.9 Å². The Balaban J connectivity index is 1.80. The van der Waals surface area contributed by atoms with Crippen LogP contribution in [0.3, 0.4) is 0 Å². The predicted molar refractivity (Wildman–Crippen MR) is 115 cm³/mol. The first-order valence-electron chi connectivity index (χ1n) is 9.38. The van der Waals surface area contributed by atoms with Crippen molar-refractivity contribution in [2.24, 2.45) is 7.05 Å². The molecule has 0 radical (unpaired) electrons. The van der Waals surface area contributed by atoms with E-state index in [9.17, 15) is 9.59 Å². The second-order valence-corrected chi connectivity index (χ2v) is 7.96. The van der Waals surface area contributed by atoms with E-state index in [-0.39, 0.29) is 28.1 Å². The normalized spacial score (nSPS) is 11.0. The summed E-state index contributed by atoms with van der Waals surface area (Å²) in [6, 6.07) is 11.5. The molecule has 4 aromatic rings. The fraction of sp³-hybridized carbons (Fsp3) is 0.227. The Hall–Kier alpha value is -3.39. The third kappa shape index (κ3) is 3.61. The molecule has 3 aromatic heterocycles. The highest BCUT2D eigenvalue weighted by Crippen LogP contribution is 2.27. The number of carbonyl (C=O) groups excluding carboxylic acids is 1. The highest BCUT2D eigenvalue weighted by atomic mass is 32.1. The van der Waals surface area contributed by atoms with Crippen LogP contribution in [0.4, 0.5) is 0 Å². The van der Waals surface area contributed by atoms with Gasteiger partial charge in [-0.1, -0.05) is 24.3 Å². The third-order valence-corrected chi connectivity index (χ3v) is 5.79. The number of methoxy groups -OCH3 is 1. The van der Waals surface area contributed by atoms with E-state index in [4.69, 9.17) is 9.15 Å². The molecule has 0 aliphatic rings.